The Morgan fingerprint density at radius 2 is 2.05 bits per heavy atom. The first-order valence-corrected chi connectivity index (χ1v) is 7.32. The summed E-state index contributed by atoms with van der Waals surface area (Å²) in [5.74, 6) is -0.515. The monoisotopic (exact) mass is 295 g/mol. The van der Waals surface area contributed by atoms with Crippen molar-refractivity contribution in [2.24, 2.45) is 0 Å². The Balaban J connectivity index is 2.07. The molecule has 0 radical (unpaired) electrons. The SMILES string of the molecule is COC(=O)c1ccc(CS(=O)(=O)Nc2ncc[nH]2)cc1. The van der Waals surface area contributed by atoms with Crippen LogP contribution in [0.3, 0.4) is 0 Å². The maximum atomic E-state index is 11.9. The van der Waals surface area contributed by atoms with Crippen molar-refractivity contribution in [1.29, 1.82) is 0 Å². The van der Waals surface area contributed by atoms with Crippen molar-refractivity contribution in [3.05, 3.63) is 47.8 Å². The lowest BCUT2D eigenvalue weighted by Crippen LogP contribution is -2.16. The summed E-state index contributed by atoms with van der Waals surface area (Å²) in [7, 11) is -2.27. The van der Waals surface area contributed by atoms with Crippen LogP contribution in [-0.4, -0.2) is 31.5 Å². The number of anilines is 1. The average Bonchev–Trinajstić information content (AvgIpc) is 2.90. The molecule has 2 aromatic rings. The summed E-state index contributed by atoms with van der Waals surface area (Å²) < 4.78 is 30.6. The molecule has 0 aliphatic rings. The molecule has 0 atom stereocenters. The minimum absolute atomic E-state index is 0.163. The highest BCUT2D eigenvalue weighted by Crippen LogP contribution is 2.11. The number of sulfonamides is 1. The molecule has 1 aromatic heterocycles. The van der Waals surface area contributed by atoms with Crippen LogP contribution in [0.25, 0.3) is 0 Å². The minimum atomic E-state index is -3.56. The number of nitrogens with zero attached hydrogens (tertiary/aromatic N) is 1. The number of nitrogens with one attached hydrogen (secondary N) is 2. The molecule has 0 amide bonds. The van der Waals surface area contributed by atoms with Crippen molar-refractivity contribution in [2.45, 2.75) is 5.75 Å². The lowest BCUT2D eigenvalue weighted by Gasteiger charge is -2.06. The van der Waals surface area contributed by atoms with E-state index in [1.165, 1.54) is 31.6 Å². The second kappa shape index (κ2) is 5.74. The van der Waals surface area contributed by atoms with Crippen LogP contribution < -0.4 is 4.72 Å². The third kappa shape index (κ3) is 3.58. The van der Waals surface area contributed by atoms with Crippen molar-refractivity contribution in [3.63, 3.8) is 0 Å². The molecular weight excluding hydrogens is 282 g/mol. The standard InChI is InChI=1S/C12H13N3O4S/c1-19-11(16)10-4-2-9(3-5-10)8-20(17,18)15-12-13-6-7-14-12/h2-7H,8H2,1H3,(H2,13,14,15). The van der Waals surface area contributed by atoms with E-state index in [2.05, 4.69) is 19.4 Å². The fourth-order valence-electron chi connectivity index (χ4n) is 1.58. The molecule has 0 unspecified atom stereocenters. The Hall–Kier alpha value is -2.35. The van der Waals surface area contributed by atoms with Gasteiger partial charge >= 0.3 is 5.97 Å². The summed E-state index contributed by atoms with van der Waals surface area (Å²) in [5.41, 5.74) is 0.921. The predicted octanol–water partition coefficient (Wildman–Crippen LogP) is 1.14. The zero-order valence-corrected chi connectivity index (χ0v) is 11.5. The van der Waals surface area contributed by atoms with E-state index >= 15 is 0 Å². The second-order valence-corrected chi connectivity index (χ2v) is 5.71. The van der Waals surface area contributed by atoms with Crippen LogP contribution in [0.4, 0.5) is 5.95 Å². The number of imidazole rings is 1. The number of carbonyl (C=O) groups is 1. The van der Waals surface area contributed by atoms with Gasteiger partial charge in [-0.25, -0.2) is 18.2 Å². The first-order valence-electron chi connectivity index (χ1n) is 5.67. The molecule has 7 nitrogen and oxygen atoms in total. The van der Waals surface area contributed by atoms with Gasteiger partial charge in [-0.15, -0.1) is 0 Å². The van der Waals surface area contributed by atoms with Crippen LogP contribution >= 0.6 is 0 Å². The highest BCUT2D eigenvalue weighted by atomic mass is 32.2. The average molecular weight is 295 g/mol. The maximum absolute atomic E-state index is 11.9. The van der Waals surface area contributed by atoms with E-state index in [1.54, 1.807) is 12.1 Å². The fourth-order valence-corrected chi connectivity index (χ4v) is 2.69. The van der Waals surface area contributed by atoms with Gasteiger partial charge in [-0.3, -0.25) is 4.72 Å². The number of ether oxygens (including phenoxy) is 1. The van der Waals surface area contributed by atoms with E-state index in [4.69, 9.17) is 0 Å². The lowest BCUT2D eigenvalue weighted by atomic mass is 10.1. The van der Waals surface area contributed by atoms with Crippen LogP contribution in [0.5, 0.6) is 0 Å². The molecule has 0 aliphatic carbocycles. The van der Waals surface area contributed by atoms with E-state index in [9.17, 15) is 13.2 Å². The van der Waals surface area contributed by atoms with Gasteiger partial charge in [0.1, 0.15) is 0 Å². The number of esters is 1. The zero-order valence-electron chi connectivity index (χ0n) is 10.7. The van der Waals surface area contributed by atoms with Crippen molar-refractivity contribution in [1.82, 2.24) is 9.97 Å². The Bertz CT molecular complexity index is 678. The number of aromatic nitrogens is 2. The molecule has 2 rings (SSSR count). The number of benzene rings is 1. The number of hydrogen-bond donors (Lipinski definition) is 2. The van der Waals surface area contributed by atoms with Gasteiger partial charge in [-0.2, -0.15) is 0 Å². The summed E-state index contributed by atoms with van der Waals surface area (Å²) in [4.78, 5) is 17.7. The molecular formula is C12H13N3O4S. The van der Waals surface area contributed by atoms with Gasteiger partial charge < -0.3 is 9.72 Å². The van der Waals surface area contributed by atoms with Crippen LogP contribution in [0.2, 0.25) is 0 Å². The van der Waals surface area contributed by atoms with E-state index in [1.807, 2.05) is 0 Å². The molecule has 0 spiro atoms. The van der Waals surface area contributed by atoms with E-state index in [-0.39, 0.29) is 11.7 Å². The second-order valence-electron chi connectivity index (χ2n) is 3.99. The van der Waals surface area contributed by atoms with E-state index in [0.717, 1.165) is 0 Å². The number of methoxy groups -OCH3 is 1. The molecule has 20 heavy (non-hydrogen) atoms. The van der Waals surface area contributed by atoms with Crippen molar-refractivity contribution >= 4 is 21.9 Å². The first kappa shape index (κ1) is 14.1. The van der Waals surface area contributed by atoms with E-state index < -0.39 is 16.0 Å². The normalized spacial score (nSPS) is 11.1. The van der Waals surface area contributed by atoms with Crippen LogP contribution in [0.1, 0.15) is 15.9 Å². The highest BCUT2D eigenvalue weighted by molar-refractivity contribution is 7.91. The molecule has 1 heterocycles. The van der Waals surface area contributed by atoms with Crippen LogP contribution in [-0.2, 0) is 20.5 Å². The fraction of sp³-hybridized carbons (Fsp3) is 0.167. The Morgan fingerprint density at radius 3 is 2.60 bits per heavy atom. The minimum Gasteiger partial charge on any atom is -0.465 e. The highest BCUT2D eigenvalue weighted by Gasteiger charge is 2.13. The molecule has 1 aromatic carbocycles. The van der Waals surface area contributed by atoms with Gasteiger partial charge in [-0.05, 0) is 17.7 Å². The van der Waals surface area contributed by atoms with Crippen LogP contribution in [0, 0.1) is 0 Å². The van der Waals surface area contributed by atoms with Gasteiger partial charge in [0.25, 0.3) is 0 Å². The molecule has 0 aliphatic heterocycles. The zero-order chi connectivity index (χ0) is 14.6. The third-order valence-electron chi connectivity index (χ3n) is 2.48. The predicted molar refractivity (Wildman–Crippen MR) is 72.6 cm³/mol. The summed E-state index contributed by atoms with van der Waals surface area (Å²) in [6.07, 6.45) is 2.96. The quantitative estimate of drug-likeness (QED) is 0.805. The topological polar surface area (TPSA) is 101 Å². The largest absolute Gasteiger partial charge is 0.465 e. The van der Waals surface area contributed by atoms with E-state index in [0.29, 0.717) is 11.1 Å². The molecule has 0 saturated heterocycles. The van der Waals surface area contributed by atoms with Crippen molar-refractivity contribution in [3.8, 4) is 0 Å². The lowest BCUT2D eigenvalue weighted by molar-refractivity contribution is 0.0600. The summed E-state index contributed by atoms with van der Waals surface area (Å²) >= 11 is 0. The Morgan fingerprint density at radius 1 is 1.35 bits per heavy atom. The summed E-state index contributed by atoms with van der Waals surface area (Å²) in [6, 6.07) is 6.16. The first-order chi connectivity index (χ1) is 9.50. The van der Waals surface area contributed by atoms with Crippen molar-refractivity contribution < 1.29 is 17.9 Å². The molecule has 106 valence electrons. The Labute approximate surface area is 116 Å². The molecule has 0 fully saturated rings. The van der Waals surface area contributed by atoms with Gasteiger partial charge in [0.05, 0.1) is 18.4 Å². The number of hydrogen-bond acceptors (Lipinski definition) is 5. The van der Waals surface area contributed by atoms with Crippen molar-refractivity contribution in [2.75, 3.05) is 11.8 Å². The van der Waals surface area contributed by atoms with Gasteiger partial charge in [0.2, 0.25) is 16.0 Å². The smallest absolute Gasteiger partial charge is 0.337 e. The number of rotatable bonds is 5. The number of H-pyrrole nitrogens is 1. The van der Waals surface area contributed by atoms with Gasteiger partial charge in [-0.1, -0.05) is 12.1 Å². The summed E-state index contributed by atoms with van der Waals surface area (Å²) in [6.45, 7) is 0. The number of aromatic amines is 1. The van der Waals surface area contributed by atoms with Crippen LogP contribution in [0.15, 0.2) is 36.7 Å². The molecule has 2 N–H and O–H groups in total. The molecule has 0 saturated carbocycles. The Kier molecular flexibility index (Phi) is 4.04. The molecule has 0 bridgehead atoms. The number of carbonyl (C=O) groups excluding carboxylic acids is 1. The van der Waals surface area contributed by atoms with Gasteiger partial charge in [0.15, 0.2) is 0 Å². The summed E-state index contributed by atoms with van der Waals surface area (Å²) in [5, 5.41) is 0. The third-order valence-corrected chi connectivity index (χ3v) is 3.70. The maximum Gasteiger partial charge on any atom is 0.337 e. The molecule has 8 heteroatoms. The van der Waals surface area contributed by atoms with Gasteiger partial charge in [0, 0.05) is 12.4 Å².